The fourth-order valence-electron chi connectivity index (χ4n) is 3.07. The van der Waals surface area contributed by atoms with Gasteiger partial charge in [-0.05, 0) is 50.4 Å². The Morgan fingerprint density at radius 3 is 2.17 bits per heavy atom. The fourth-order valence-corrected chi connectivity index (χ4v) is 3.07. The van der Waals surface area contributed by atoms with Gasteiger partial charge in [-0.25, -0.2) is 0 Å². The first-order valence-electron chi connectivity index (χ1n) is 9.79. The Morgan fingerprint density at radius 2 is 1.55 bits per heavy atom. The second-order valence-corrected chi connectivity index (χ2v) is 6.89. The number of benzene rings is 2. The Kier molecular flexibility index (Phi) is 7.08. The third-order valence-corrected chi connectivity index (χ3v) is 4.71. The lowest BCUT2D eigenvalue weighted by atomic mass is 10.1. The number of piperazine rings is 1. The summed E-state index contributed by atoms with van der Waals surface area (Å²) in [4.78, 5) is 28.8. The predicted octanol–water partition coefficient (Wildman–Crippen LogP) is 2.49. The molecule has 0 bridgehead atoms. The molecule has 2 aromatic carbocycles. The summed E-state index contributed by atoms with van der Waals surface area (Å²) in [6.07, 6.45) is 0. The highest BCUT2D eigenvalue weighted by atomic mass is 16.5. The molecule has 0 atom stereocenters. The van der Waals surface area contributed by atoms with E-state index in [0.29, 0.717) is 29.4 Å². The molecule has 1 fully saturated rings. The molecule has 2 amide bonds. The molecule has 1 heterocycles. The molecular formula is C22H27N3O4. The molecule has 0 aliphatic carbocycles. The number of anilines is 1. The second kappa shape index (κ2) is 9.93. The molecule has 154 valence electrons. The summed E-state index contributed by atoms with van der Waals surface area (Å²) in [6, 6.07) is 14.2. The highest BCUT2D eigenvalue weighted by molar-refractivity contribution is 5.96. The zero-order chi connectivity index (χ0) is 20.6. The number of nitrogens with one attached hydrogen (secondary N) is 1. The summed E-state index contributed by atoms with van der Waals surface area (Å²) in [7, 11) is 2.05. The lowest BCUT2D eigenvalue weighted by molar-refractivity contribution is -0.118. The van der Waals surface area contributed by atoms with E-state index < -0.39 is 0 Å². The highest BCUT2D eigenvalue weighted by Crippen LogP contribution is 2.26. The molecule has 0 radical (unpaired) electrons. The van der Waals surface area contributed by atoms with Crippen molar-refractivity contribution in [3.8, 4) is 11.5 Å². The number of para-hydroxylation sites is 2. The van der Waals surface area contributed by atoms with Crippen LogP contribution in [0.1, 0.15) is 17.3 Å². The monoisotopic (exact) mass is 397 g/mol. The van der Waals surface area contributed by atoms with Crippen LogP contribution in [0, 0.1) is 0 Å². The quantitative estimate of drug-likeness (QED) is 0.777. The maximum atomic E-state index is 12.6. The zero-order valence-electron chi connectivity index (χ0n) is 16.9. The molecule has 0 aromatic heterocycles. The highest BCUT2D eigenvalue weighted by Gasteiger charge is 2.20. The standard InChI is InChI=1S/C22H27N3O4/c1-3-28-19-6-4-5-7-20(19)29-16-21(26)23-18-10-8-17(9-11-18)22(27)25-14-12-24(2)13-15-25/h4-11H,3,12-16H2,1-2H3,(H,23,26). The van der Waals surface area contributed by atoms with Crippen LogP contribution >= 0.6 is 0 Å². The van der Waals surface area contributed by atoms with Gasteiger partial charge in [0, 0.05) is 37.4 Å². The Hall–Kier alpha value is -3.06. The number of carbonyl (C=O) groups excluding carboxylic acids is 2. The first-order valence-corrected chi connectivity index (χ1v) is 9.79. The van der Waals surface area contributed by atoms with Crippen molar-refractivity contribution in [3.05, 3.63) is 54.1 Å². The van der Waals surface area contributed by atoms with E-state index in [1.807, 2.05) is 24.0 Å². The largest absolute Gasteiger partial charge is 0.490 e. The summed E-state index contributed by atoms with van der Waals surface area (Å²) >= 11 is 0. The van der Waals surface area contributed by atoms with E-state index in [1.54, 1.807) is 36.4 Å². The summed E-state index contributed by atoms with van der Waals surface area (Å²) in [6.45, 7) is 5.50. The molecule has 7 heteroatoms. The molecule has 7 nitrogen and oxygen atoms in total. The van der Waals surface area contributed by atoms with E-state index >= 15 is 0 Å². The number of carbonyl (C=O) groups is 2. The normalized spacial score (nSPS) is 14.3. The minimum absolute atomic E-state index is 0.0202. The van der Waals surface area contributed by atoms with Gasteiger partial charge >= 0.3 is 0 Å². The molecule has 1 N–H and O–H groups in total. The molecule has 29 heavy (non-hydrogen) atoms. The lowest BCUT2D eigenvalue weighted by Gasteiger charge is -2.32. The van der Waals surface area contributed by atoms with Crippen LogP contribution in [0.3, 0.4) is 0 Å². The van der Waals surface area contributed by atoms with Gasteiger partial charge in [-0.3, -0.25) is 9.59 Å². The van der Waals surface area contributed by atoms with Crippen molar-refractivity contribution in [2.75, 3.05) is 51.8 Å². The number of rotatable bonds is 7. The van der Waals surface area contributed by atoms with E-state index in [-0.39, 0.29) is 18.4 Å². The van der Waals surface area contributed by atoms with Crippen LogP contribution in [0.15, 0.2) is 48.5 Å². The van der Waals surface area contributed by atoms with Crippen molar-refractivity contribution >= 4 is 17.5 Å². The van der Waals surface area contributed by atoms with Crippen LogP contribution in [0.2, 0.25) is 0 Å². The maximum Gasteiger partial charge on any atom is 0.262 e. The van der Waals surface area contributed by atoms with Crippen LogP contribution < -0.4 is 14.8 Å². The van der Waals surface area contributed by atoms with Gasteiger partial charge in [-0.2, -0.15) is 0 Å². The maximum absolute atomic E-state index is 12.6. The molecule has 1 aliphatic rings. The van der Waals surface area contributed by atoms with E-state index in [4.69, 9.17) is 9.47 Å². The fraction of sp³-hybridized carbons (Fsp3) is 0.364. The topological polar surface area (TPSA) is 71.1 Å². The Bertz CT molecular complexity index is 830. The molecule has 1 saturated heterocycles. The summed E-state index contributed by atoms with van der Waals surface area (Å²) in [5, 5.41) is 2.78. The van der Waals surface area contributed by atoms with Gasteiger partial charge in [0.05, 0.1) is 6.61 Å². The van der Waals surface area contributed by atoms with E-state index in [1.165, 1.54) is 0 Å². The first-order chi connectivity index (χ1) is 14.1. The van der Waals surface area contributed by atoms with E-state index in [9.17, 15) is 9.59 Å². The van der Waals surface area contributed by atoms with E-state index in [0.717, 1.165) is 26.2 Å². The van der Waals surface area contributed by atoms with Gasteiger partial charge in [0.2, 0.25) is 0 Å². The number of nitrogens with zero attached hydrogens (tertiary/aromatic N) is 2. The SMILES string of the molecule is CCOc1ccccc1OCC(=O)Nc1ccc(C(=O)N2CCN(C)CC2)cc1. The Morgan fingerprint density at radius 1 is 0.931 bits per heavy atom. The van der Waals surface area contributed by atoms with E-state index in [2.05, 4.69) is 17.3 Å². The number of likely N-dealkylation sites (N-methyl/N-ethyl adjacent to an activating group) is 1. The molecular weight excluding hydrogens is 370 g/mol. The van der Waals surface area contributed by atoms with Crippen LogP contribution in [-0.2, 0) is 4.79 Å². The minimum Gasteiger partial charge on any atom is -0.490 e. The molecule has 2 aromatic rings. The van der Waals surface area contributed by atoms with Crippen molar-refractivity contribution in [2.45, 2.75) is 6.92 Å². The van der Waals surface area contributed by atoms with Crippen molar-refractivity contribution in [1.82, 2.24) is 9.80 Å². The van der Waals surface area contributed by atoms with Gasteiger partial charge in [-0.1, -0.05) is 12.1 Å². The van der Waals surface area contributed by atoms with Gasteiger partial charge in [-0.15, -0.1) is 0 Å². The van der Waals surface area contributed by atoms with Crippen molar-refractivity contribution in [2.24, 2.45) is 0 Å². The molecule has 0 spiro atoms. The average Bonchev–Trinajstić information content (AvgIpc) is 2.74. The lowest BCUT2D eigenvalue weighted by Crippen LogP contribution is -2.47. The van der Waals surface area contributed by atoms with Gasteiger partial charge in [0.15, 0.2) is 18.1 Å². The second-order valence-electron chi connectivity index (χ2n) is 6.89. The number of hydrogen-bond acceptors (Lipinski definition) is 5. The van der Waals surface area contributed by atoms with Crippen LogP contribution in [0.4, 0.5) is 5.69 Å². The van der Waals surface area contributed by atoms with Crippen molar-refractivity contribution in [3.63, 3.8) is 0 Å². The summed E-state index contributed by atoms with van der Waals surface area (Å²) in [5.74, 6) is 0.869. The third kappa shape index (κ3) is 5.71. The number of ether oxygens (including phenoxy) is 2. The van der Waals surface area contributed by atoms with Gasteiger partial charge < -0.3 is 24.6 Å². The summed E-state index contributed by atoms with van der Waals surface area (Å²) < 4.78 is 11.1. The molecule has 1 aliphatic heterocycles. The molecule has 0 unspecified atom stereocenters. The number of amides is 2. The Balaban J connectivity index is 1.52. The van der Waals surface area contributed by atoms with Crippen molar-refractivity contribution < 1.29 is 19.1 Å². The van der Waals surface area contributed by atoms with Crippen LogP contribution in [0.25, 0.3) is 0 Å². The zero-order valence-corrected chi connectivity index (χ0v) is 16.9. The van der Waals surface area contributed by atoms with Gasteiger partial charge in [0.1, 0.15) is 0 Å². The third-order valence-electron chi connectivity index (χ3n) is 4.71. The average molecular weight is 397 g/mol. The summed E-state index contributed by atoms with van der Waals surface area (Å²) in [5.41, 5.74) is 1.24. The first kappa shape index (κ1) is 20.7. The minimum atomic E-state index is -0.283. The molecule has 0 saturated carbocycles. The Labute approximate surface area is 171 Å². The van der Waals surface area contributed by atoms with Crippen LogP contribution in [-0.4, -0.2) is 68.1 Å². The number of hydrogen-bond donors (Lipinski definition) is 1. The van der Waals surface area contributed by atoms with Crippen LogP contribution in [0.5, 0.6) is 11.5 Å². The van der Waals surface area contributed by atoms with Crippen molar-refractivity contribution in [1.29, 1.82) is 0 Å². The molecule has 3 rings (SSSR count). The van der Waals surface area contributed by atoms with Gasteiger partial charge in [0.25, 0.3) is 11.8 Å². The smallest absolute Gasteiger partial charge is 0.262 e. The predicted molar refractivity (Wildman–Crippen MR) is 112 cm³/mol.